The number of hydrogen-bond donors (Lipinski definition) is 2. The molecule has 0 bridgehead atoms. The molecule has 0 aliphatic heterocycles. The Labute approximate surface area is 86.2 Å². The van der Waals surface area contributed by atoms with Crippen LogP contribution in [0.4, 0.5) is 0 Å². The van der Waals surface area contributed by atoms with Gasteiger partial charge in [0.15, 0.2) is 0 Å². The zero-order valence-electron chi connectivity index (χ0n) is 6.25. The summed E-state index contributed by atoms with van der Waals surface area (Å²) in [6.45, 7) is 1.43. The topological polar surface area (TPSA) is 74.6 Å². The first-order chi connectivity index (χ1) is 5.27. The lowest BCUT2D eigenvalue weighted by Crippen LogP contribution is -2.31. The van der Waals surface area contributed by atoms with Crippen LogP contribution in [0.3, 0.4) is 0 Å². The Balaban J connectivity index is 4.38. The first-order valence-electron chi connectivity index (χ1n) is 3.10. The van der Waals surface area contributed by atoms with Gasteiger partial charge in [-0.05, 0) is 6.92 Å². The molecule has 0 saturated carbocycles. The number of halogens is 2. The molecule has 1 atom stereocenters. The van der Waals surface area contributed by atoms with Crippen LogP contribution in [0, 0.1) is 5.92 Å². The van der Waals surface area contributed by atoms with Crippen LogP contribution in [0.25, 0.3) is 0 Å². The summed E-state index contributed by atoms with van der Waals surface area (Å²) in [6, 6.07) is 0. The summed E-state index contributed by atoms with van der Waals surface area (Å²) in [7, 11) is 0. The lowest BCUT2D eigenvalue weighted by Gasteiger charge is -2.22. The van der Waals surface area contributed by atoms with Gasteiger partial charge in [0.25, 0.3) is 0 Å². The zero-order valence-corrected chi connectivity index (χ0v) is 9.42. The molecule has 0 rings (SSSR count). The predicted octanol–water partition coefficient (Wildman–Crippen LogP) is 1.67. The molecule has 0 aromatic rings. The Bertz CT molecular complexity index is 202. The minimum absolute atomic E-state index is 0.291. The van der Waals surface area contributed by atoms with E-state index in [0.717, 1.165) is 0 Å². The van der Waals surface area contributed by atoms with Gasteiger partial charge in [-0.15, -0.1) is 0 Å². The second kappa shape index (κ2) is 4.23. The summed E-state index contributed by atoms with van der Waals surface area (Å²) < 4.78 is -1.07. The van der Waals surface area contributed by atoms with Crippen LogP contribution in [0.1, 0.15) is 13.3 Å². The zero-order chi connectivity index (χ0) is 9.94. The summed E-state index contributed by atoms with van der Waals surface area (Å²) >= 11 is 6.01. The van der Waals surface area contributed by atoms with Crippen LogP contribution in [0.5, 0.6) is 0 Å². The fourth-order valence-electron chi connectivity index (χ4n) is 0.535. The van der Waals surface area contributed by atoms with Crippen molar-refractivity contribution in [2.24, 2.45) is 5.92 Å². The van der Waals surface area contributed by atoms with E-state index in [0.29, 0.717) is 0 Å². The number of rotatable bonds is 4. The Morgan fingerprint density at radius 2 is 1.83 bits per heavy atom. The Kier molecular flexibility index (Phi) is 4.19. The minimum Gasteiger partial charge on any atom is -0.481 e. The average molecular weight is 304 g/mol. The van der Waals surface area contributed by atoms with E-state index in [1.807, 2.05) is 0 Å². The number of aliphatic carboxylic acids is 2. The van der Waals surface area contributed by atoms with Crippen molar-refractivity contribution in [3.8, 4) is 0 Å². The van der Waals surface area contributed by atoms with Crippen LogP contribution in [0.2, 0.25) is 0 Å². The summed E-state index contributed by atoms with van der Waals surface area (Å²) in [5.74, 6) is -2.92. The molecule has 4 nitrogen and oxygen atoms in total. The molecular weight excluding hydrogens is 296 g/mol. The van der Waals surface area contributed by atoms with Crippen LogP contribution in [-0.4, -0.2) is 25.4 Å². The average Bonchev–Trinajstić information content (AvgIpc) is 1.82. The first kappa shape index (κ1) is 11.9. The van der Waals surface area contributed by atoms with Crippen LogP contribution in [0.15, 0.2) is 0 Å². The van der Waals surface area contributed by atoms with Gasteiger partial charge in [-0.25, -0.2) is 0 Å². The van der Waals surface area contributed by atoms with Gasteiger partial charge in [0.1, 0.15) is 3.23 Å². The summed E-state index contributed by atoms with van der Waals surface area (Å²) in [5, 5.41) is 17.0. The van der Waals surface area contributed by atoms with Gasteiger partial charge in [0.05, 0.1) is 12.3 Å². The third-order valence-electron chi connectivity index (χ3n) is 1.39. The molecule has 2 N–H and O–H groups in total. The van der Waals surface area contributed by atoms with Gasteiger partial charge in [0.2, 0.25) is 0 Å². The first-order valence-corrected chi connectivity index (χ1v) is 4.68. The van der Waals surface area contributed by atoms with E-state index in [1.54, 1.807) is 0 Å². The molecule has 0 saturated heterocycles. The SMILES string of the molecule is CC(C(=O)O)C(Br)(Br)CC(=O)O. The molecule has 1 unspecified atom stereocenters. The van der Waals surface area contributed by atoms with Crippen molar-refractivity contribution >= 4 is 43.8 Å². The fourth-order valence-corrected chi connectivity index (χ4v) is 1.41. The number of hydrogen-bond acceptors (Lipinski definition) is 2. The number of carboxylic acids is 2. The third kappa shape index (κ3) is 3.53. The van der Waals surface area contributed by atoms with Crippen LogP contribution in [-0.2, 0) is 9.59 Å². The van der Waals surface area contributed by atoms with Crippen LogP contribution >= 0.6 is 31.9 Å². The van der Waals surface area contributed by atoms with E-state index < -0.39 is 21.1 Å². The smallest absolute Gasteiger partial charge is 0.308 e. The van der Waals surface area contributed by atoms with Crippen molar-refractivity contribution in [2.75, 3.05) is 0 Å². The Morgan fingerprint density at radius 1 is 1.42 bits per heavy atom. The predicted molar refractivity (Wildman–Crippen MR) is 49.6 cm³/mol. The largest absolute Gasteiger partial charge is 0.481 e. The Morgan fingerprint density at radius 3 is 2.08 bits per heavy atom. The Hall–Kier alpha value is -0.100. The highest BCUT2D eigenvalue weighted by atomic mass is 79.9. The second-order valence-electron chi connectivity index (χ2n) is 2.39. The number of carboxylic acid groups (broad SMARTS) is 2. The van der Waals surface area contributed by atoms with Crippen molar-refractivity contribution in [3.05, 3.63) is 0 Å². The van der Waals surface area contributed by atoms with E-state index in [4.69, 9.17) is 10.2 Å². The van der Waals surface area contributed by atoms with Crippen molar-refractivity contribution in [3.63, 3.8) is 0 Å². The lowest BCUT2D eigenvalue weighted by molar-refractivity contribution is -0.142. The monoisotopic (exact) mass is 302 g/mol. The molecule has 0 spiro atoms. The van der Waals surface area contributed by atoms with E-state index in [-0.39, 0.29) is 6.42 Å². The molecule has 0 aromatic carbocycles. The molecule has 0 aliphatic rings. The van der Waals surface area contributed by atoms with E-state index in [2.05, 4.69) is 31.9 Å². The molecule has 0 aromatic heterocycles. The van der Waals surface area contributed by atoms with Gasteiger partial charge >= 0.3 is 11.9 Å². The number of alkyl halides is 2. The lowest BCUT2D eigenvalue weighted by atomic mass is 10.1. The van der Waals surface area contributed by atoms with Crippen molar-refractivity contribution < 1.29 is 19.8 Å². The fraction of sp³-hybridized carbons (Fsp3) is 0.667. The highest BCUT2D eigenvalue weighted by molar-refractivity contribution is 9.25. The summed E-state index contributed by atoms with van der Waals surface area (Å²) in [6.07, 6.45) is -0.291. The maximum atomic E-state index is 10.5. The molecule has 0 aliphatic carbocycles. The molecule has 70 valence electrons. The second-order valence-corrected chi connectivity index (χ2v) is 6.29. The molecule has 0 heterocycles. The van der Waals surface area contributed by atoms with Crippen molar-refractivity contribution in [1.82, 2.24) is 0 Å². The maximum Gasteiger partial charge on any atom is 0.308 e. The van der Waals surface area contributed by atoms with E-state index in [9.17, 15) is 9.59 Å². The van der Waals surface area contributed by atoms with Crippen molar-refractivity contribution in [2.45, 2.75) is 16.6 Å². The van der Waals surface area contributed by atoms with E-state index in [1.165, 1.54) is 6.92 Å². The van der Waals surface area contributed by atoms with Gasteiger partial charge in [0, 0.05) is 0 Å². The normalized spacial score (nSPS) is 13.9. The van der Waals surface area contributed by atoms with Gasteiger partial charge < -0.3 is 10.2 Å². The molecule has 0 amide bonds. The third-order valence-corrected chi connectivity index (χ3v) is 3.33. The highest BCUT2D eigenvalue weighted by Gasteiger charge is 2.37. The standard InChI is InChI=1S/C6H8Br2O4/c1-3(5(11)12)6(7,8)2-4(9)10/h3H,2H2,1H3,(H,9,10)(H,11,12). The molecule has 6 heteroatoms. The highest BCUT2D eigenvalue weighted by Crippen LogP contribution is 2.38. The van der Waals surface area contributed by atoms with Gasteiger partial charge in [-0.2, -0.15) is 0 Å². The molecule has 0 fully saturated rings. The minimum atomic E-state index is -1.07. The summed E-state index contributed by atoms with van der Waals surface area (Å²) in [4.78, 5) is 20.8. The quantitative estimate of drug-likeness (QED) is 0.775. The van der Waals surface area contributed by atoms with Crippen LogP contribution < -0.4 is 0 Å². The summed E-state index contributed by atoms with van der Waals surface area (Å²) in [5.41, 5.74) is 0. The molecule has 0 radical (unpaired) electrons. The van der Waals surface area contributed by atoms with Gasteiger partial charge in [-0.1, -0.05) is 31.9 Å². The van der Waals surface area contributed by atoms with Gasteiger partial charge in [-0.3, -0.25) is 9.59 Å². The van der Waals surface area contributed by atoms with Crippen molar-refractivity contribution in [1.29, 1.82) is 0 Å². The maximum absolute atomic E-state index is 10.5. The number of carbonyl (C=O) groups is 2. The molecular formula is C6H8Br2O4. The van der Waals surface area contributed by atoms with E-state index >= 15 is 0 Å². The molecule has 12 heavy (non-hydrogen) atoms.